The van der Waals surface area contributed by atoms with Gasteiger partial charge in [-0.2, -0.15) is 0 Å². The van der Waals surface area contributed by atoms with Crippen molar-refractivity contribution >= 4 is 9.84 Å². The fourth-order valence-electron chi connectivity index (χ4n) is 1.37. The number of sulfone groups is 1. The van der Waals surface area contributed by atoms with Gasteiger partial charge in [-0.05, 0) is 13.5 Å². The maximum Gasteiger partial charge on any atom is 0.147 e. The van der Waals surface area contributed by atoms with Gasteiger partial charge in [-0.25, -0.2) is 13.4 Å². The summed E-state index contributed by atoms with van der Waals surface area (Å²) in [6.07, 6.45) is 5.41. The van der Waals surface area contributed by atoms with Crippen LogP contribution in [0.2, 0.25) is 0 Å². The standard InChI is InChI=1S/C9H17N3O2S/c1-10-6-9-7-11-8-12(9)4-3-5-15(2,13)14/h7-8,10H,3-6H2,1-2H3. The van der Waals surface area contributed by atoms with Crippen LogP contribution in [-0.2, 0) is 22.9 Å². The number of nitrogens with one attached hydrogen (secondary N) is 1. The lowest BCUT2D eigenvalue weighted by molar-refractivity contribution is 0.586. The highest BCUT2D eigenvalue weighted by Crippen LogP contribution is 2.01. The molecule has 0 radical (unpaired) electrons. The zero-order chi connectivity index (χ0) is 11.3. The van der Waals surface area contributed by atoms with E-state index in [-0.39, 0.29) is 5.75 Å². The minimum absolute atomic E-state index is 0.226. The first-order valence-corrected chi connectivity index (χ1v) is 6.90. The van der Waals surface area contributed by atoms with E-state index in [0.717, 1.165) is 12.2 Å². The number of imidazole rings is 1. The Morgan fingerprint density at radius 2 is 2.27 bits per heavy atom. The van der Waals surface area contributed by atoms with E-state index < -0.39 is 9.84 Å². The zero-order valence-electron chi connectivity index (χ0n) is 9.10. The van der Waals surface area contributed by atoms with Gasteiger partial charge in [-0.3, -0.25) is 0 Å². The van der Waals surface area contributed by atoms with Crippen molar-refractivity contribution in [3.63, 3.8) is 0 Å². The predicted octanol–water partition coefficient (Wildman–Crippen LogP) is 0.0372. The lowest BCUT2D eigenvalue weighted by Gasteiger charge is -2.06. The zero-order valence-corrected chi connectivity index (χ0v) is 9.92. The first-order chi connectivity index (χ1) is 7.03. The van der Waals surface area contributed by atoms with Gasteiger partial charge in [0.05, 0.1) is 17.8 Å². The summed E-state index contributed by atoms with van der Waals surface area (Å²) in [5.74, 6) is 0.226. The molecule has 0 amide bonds. The van der Waals surface area contributed by atoms with Crippen LogP contribution in [-0.4, -0.2) is 37.0 Å². The van der Waals surface area contributed by atoms with Gasteiger partial charge < -0.3 is 9.88 Å². The Hall–Kier alpha value is -0.880. The Kier molecular flexibility index (Phi) is 4.28. The molecule has 0 aliphatic rings. The summed E-state index contributed by atoms with van der Waals surface area (Å²) in [5, 5.41) is 3.04. The molecule has 1 aromatic heterocycles. The summed E-state index contributed by atoms with van der Waals surface area (Å²) in [5.41, 5.74) is 1.08. The van der Waals surface area contributed by atoms with Crippen molar-refractivity contribution in [1.29, 1.82) is 0 Å². The van der Waals surface area contributed by atoms with Crippen LogP contribution in [0.4, 0.5) is 0 Å². The van der Waals surface area contributed by atoms with Gasteiger partial charge in [-0.1, -0.05) is 0 Å². The summed E-state index contributed by atoms with van der Waals surface area (Å²) in [7, 11) is -0.983. The van der Waals surface area contributed by atoms with Crippen LogP contribution in [0.25, 0.3) is 0 Å². The summed E-state index contributed by atoms with van der Waals surface area (Å²) >= 11 is 0. The molecule has 1 heterocycles. The Labute approximate surface area is 90.4 Å². The van der Waals surface area contributed by atoms with Crippen LogP contribution in [0.5, 0.6) is 0 Å². The second-order valence-corrected chi connectivity index (χ2v) is 5.85. The van der Waals surface area contributed by atoms with Crippen molar-refractivity contribution in [2.75, 3.05) is 19.1 Å². The van der Waals surface area contributed by atoms with Crippen LogP contribution < -0.4 is 5.32 Å². The Morgan fingerprint density at radius 1 is 1.53 bits per heavy atom. The third-order valence-corrected chi connectivity index (χ3v) is 3.10. The van der Waals surface area contributed by atoms with E-state index >= 15 is 0 Å². The number of hydrogen-bond acceptors (Lipinski definition) is 4. The smallest absolute Gasteiger partial charge is 0.147 e. The number of nitrogens with zero attached hydrogens (tertiary/aromatic N) is 2. The van der Waals surface area contributed by atoms with Crippen molar-refractivity contribution in [2.45, 2.75) is 19.5 Å². The molecule has 0 unspecified atom stereocenters. The van der Waals surface area contributed by atoms with E-state index in [4.69, 9.17) is 0 Å². The third-order valence-electron chi connectivity index (χ3n) is 2.07. The minimum Gasteiger partial charge on any atom is -0.333 e. The van der Waals surface area contributed by atoms with Crippen molar-refractivity contribution in [3.05, 3.63) is 18.2 Å². The second kappa shape index (κ2) is 5.27. The van der Waals surface area contributed by atoms with Gasteiger partial charge in [0.1, 0.15) is 9.84 Å². The van der Waals surface area contributed by atoms with Gasteiger partial charge >= 0.3 is 0 Å². The Morgan fingerprint density at radius 3 is 2.87 bits per heavy atom. The molecule has 0 spiro atoms. The average molecular weight is 231 g/mol. The van der Waals surface area contributed by atoms with E-state index in [1.54, 1.807) is 12.5 Å². The highest BCUT2D eigenvalue weighted by Gasteiger charge is 2.04. The van der Waals surface area contributed by atoms with Crippen molar-refractivity contribution in [3.8, 4) is 0 Å². The lowest BCUT2D eigenvalue weighted by Crippen LogP contribution is -2.13. The molecule has 0 saturated carbocycles. The Bertz CT molecular complexity index is 397. The molecular formula is C9H17N3O2S. The molecule has 1 rings (SSSR count). The first kappa shape index (κ1) is 12.2. The van der Waals surface area contributed by atoms with Crippen LogP contribution >= 0.6 is 0 Å². The molecule has 0 aliphatic carbocycles. The molecule has 5 nitrogen and oxygen atoms in total. The SMILES string of the molecule is CNCc1cncn1CCCS(C)(=O)=O. The molecule has 1 aromatic rings. The van der Waals surface area contributed by atoms with Crippen LogP contribution in [0.1, 0.15) is 12.1 Å². The highest BCUT2D eigenvalue weighted by molar-refractivity contribution is 7.90. The first-order valence-electron chi connectivity index (χ1n) is 4.84. The van der Waals surface area contributed by atoms with Crippen molar-refractivity contribution in [2.24, 2.45) is 0 Å². The number of aromatic nitrogens is 2. The fraction of sp³-hybridized carbons (Fsp3) is 0.667. The van der Waals surface area contributed by atoms with E-state index in [1.165, 1.54) is 6.26 Å². The monoisotopic (exact) mass is 231 g/mol. The highest BCUT2D eigenvalue weighted by atomic mass is 32.2. The lowest BCUT2D eigenvalue weighted by atomic mass is 10.4. The van der Waals surface area contributed by atoms with E-state index in [9.17, 15) is 8.42 Å². The maximum atomic E-state index is 10.9. The van der Waals surface area contributed by atoms with Gasteiger partial charge in [0.25, 0.3) is 0 Å². The van der Waals surface area contributed by atoms with Gasteiger partial charge in [0.2, 0.25) is 0 Å². The number of rotatable bonds is 6. The summed E-state index contributed by atoms with van der Waals surface area (Å²) in [4.78, 5) is 4.03. The van der Waals surface area contributed by atoms with E-state index in [0.29, 0.717) is 13.0 Å². The second-order valence-electron chi connectivity index (χ2n) is 3.59. The molecule has 0 atom stereocenters. The minimum atomic E-state index is -2.85. The molecule has 15 heavy (non-hydrogen) atoms. The number of aryl methyl sites for hydroxylation is 1. The molecule has 0 saturated heterocycles. The van der Waals surface area contributed by atoms with Crippen LogP contribution in [0.15, 0.2) is 12.5 Å². The molecule has 0 bridgehead atoms. The van der Waals surface area contributed by atoms with Crippen LogP contribution in [0.3, 0.4) is 0 Å². The van der Waals surface area contributed by atoms with E-state index in [1.807, 2.05) is 11.6 Å². The fourth-order valence-corrected chi connectivity index (χ4v) is 2.03. The van der Waals surface area contributed by atoms with Gasteiger partial charge in [0, 0.05) is 25.5 Å². The summed E-state index contributed by atoms with van der Waals surface area (Å²) in [6.45, 7) is 1.45. The topological polar surface area (TPSA) is 64.0 Å². The Balaban J connectivity index is 2.47. The average Bonchev–Trinajstić information content (AvgIpc) is 2.51. The molecule has 86 valence electrons. The largest absolute Gasteiger partial charge is 0.333 e. The summed E-state index contributed by atoms with van der Waals surface area (Å²) in [6, 6.07) is 0. The molecular weight excluding hydrogens is 214 g/mol. The molecule has 1 N–H and O–H groups in total. The normalized spacial score (nSPS) is 11.9. The van der Waals surface area contributed by atoms with Gasteiger partial charge in [-0.15, -0.1) is 0 Å². The van der Waals surface area contributed by atoms with Crippen molar-refractivity contribution in [1.82, 2.24) is 14.9 Å². The van der Waals surface area contributed by atoms with Crippen molar-refractivity contribution < 1.29 is 8.42 Å². The molecule has 0 aliphatic heterocycles. The summed E-state index contributed by atoms with van der Waals surface area (Å²) < 4.78 is 23.8. The molecule has 0 aromatic carbocycles. The number of hydrogen-bond donors (Lipinski definition) is 1. The quantitative estimate of drug-likeness (QED) is 0.750. The third kappa shape index (κ3) is 4.44. The van der Waals surface area contributed by atoms with Crippen LogP contribution in [0, 0.1) is 0 Å². The molecule has 6 heteroatoms. The predicted molar refractivity (Wildman–Crippen MR) is 59.3 cm³/mol. The molecule has 0 fully saturated rings. The van der Waals surface area contributed by atoms with E-state index in [2.05, 4.69) is 10.3 Å². The van der Waals surface area contributed by atoms with Gasteiger partial charge in [0.15, 0.2) is 0 Å². The maximum absolute atomic E-state index is 10.9.